The zero-order valence-corrected chi connectivity index (χ0v) is 14.6. The maximum absolute atomic E-state index is 12.5. The van der Waals surface area contributed by atoms with Crippen molar-refractivity contribution in [2.75, 3.05) is 13.7 Å². The molecular formula is C18H23NO3S. The Bertz CT molecular complexity index is 742. The predicted molar refractivity (Wildman–Crippen MR) is 92.2 cm³/mol. The van der Waals surface area contributed by atoms with Crippen molar-refractivity contribution in [1.29, 1.82) is 0 Å². The molecule has 124 valence electrons. The van der Waals surface area contributed by atoms with Crippen LogP contribution in [0.2, 0.25) is 0 Å². The Morgan fingerprint density at radius 2 is 1.83 bits per heavy atom. The van der Waals surface area contributed by atoms with Gasteiger partial charge < -0.3 is 4.74 Å². The molecule has 0 radical (unpaired) electrons. The summed E-state index contributed by atoms with van der Waals surface area (Å²) in [4.78, 5) is 0.187. The number of rotatable bonds is 7. The summed E-state index contributed by atoms with van der Waals surface area (Å²) in [5.74, 6) is 0.557. The average molecular weight is 333 g/mol. The number of hydrogen-bond donors (Lipinski definition) is 1. The van der Waals surface area contributed by atoms with Crippen LogP contribution < -0.4 is 9.46 Å². The Morgan fingerprint density at radius 1 is 1.13 bits per heavy atom. The highest BCUT2D eigenvalue weighted by molar-refractivity contribution is 7.89. The molecule has 4 nitrogen and oxygen atoms in total. The Morgan fingerprint density at radius 3 is 2.48 bits per heavy atom. The molecule has 5 heteroatoms. The van der Waals surface area contributed by atoms with E-state index in [-0.39, 0.29) is 10.8 Å². The molecule has 0 aliphatic rings. The molecule has 0 aromatic heterocycles. The molecule has 1 unspecified atom stereocenters. The monoisotopic (exact) mass is 333 g/mol. The van der Waals surface area contributed by atoms with E-state index in [1.165, 1.54) is 12.7 Å². The summed E-state index contributed by atoms with van der Waals surface area (Å²) in [6, 6.07) is 15.2. The minimum Gasteiger partial charge on any atom is -0.495 e. The highest BCUT2D eigenvalue weighted by atomic mass is 32.2. The van der Waals surface area contributed by atoms with Crippen LogP contribution in [0.25, 0.3) is 0 Å². The summed E-state index contributed by atoms with van der Waals surface area (Å²) in [6.07, 6.45) is 0.828. The van der Waals surface area contributed by atoms with Gasteiger partial charge in [-0.05, 0) is 42.5 Å². The first-order valence-electron chi connectivity index (χ1n) is 7.60. The van der Waals surface area contributed by atoms with Crippen molar-refractivity contribution in [1.82, 2.24) is 4.72 Å². The quantitative estimate of drug-likeness (QED) is 0.847. The SMILES string of the molecule is COc1ccc(C)cc1S(=O)(=O)NCC(C)Cc1ccccc1. The summed E-state index contributed by atoms with van der Waals surface area (Å²) in [6.45, 7) is 4.27. The Labute approximate surface area is 138 Å². The zero-order valence-electron chi connectivity index (χ0n) is 13.7. The Kier molecular flexibility index (Phi) is 5.80. The lowest BCUT2D eigenvalue weighted by molar-refractivity contribution is 0.402. The van der Waals surface area contributed by atoms with Crippen LogP contribution in [-0.4, -0.2) is 22.1 Å². The third-order valence-corrected chi connectivity index (χ3v) is 5.10. The third kappa shape index (κ3) is 4.81. The van der Waals surface area contributed by atoms with E-state index in [2.05, 4.69) is 16.9 Å². The van der Waals surface area contributed by atoms with Crippen LogP contribution in [0.1, 0.15) is 18.1 Å². The molecule has 0 saturated carbocycles. The minimum absolute atomic E-state index is 0.187. The Balaban J connectivity index is 2.05. The molecule has 0 heterocycles. The first-order valence-corrected chi connectivity index (χ1v) is 9.09. The molecule has 1 N–H and O–H groups in total. The fourth-order valence-corrected chi connectivity index (χ4v) is 3.83. The van der Waals surface area contributed by atoms with Gasteiger partial charge in [-0.1, -0.05) is 43.3 Å². The van der Waals surface area contributed by atoms with Gasteiger partial charge in [0.15, 0.2) is 0 Å². The molecule has 23 heavy (non-hydrogen) atoms. The maximum atomic E-state index is 12.5. The minimum atomic E-state index is -3.59. The van der Waals surface area contributed by atoms with Crippen LogP contribution in [0.4, 0.5) is 0 Å². The van der Waals surface area contributed by atoms with Crippen molar-refractivity contribution in [3.05, 3.63) is 59.7 Å². The molecule has 0 fully saturated rings. The smallest absolute Gasteiger partial charge is 0.244 e. The molecule has 2 aromatic rings. The number of hydrogen-bond acceptors (Lipinski definition) is 3. The van der Waals surface area contributed by atoms with Gasteiger partial charge in [0.05, 0.1) is 7.11 Å². The Hall–Kier alpha value is -1.85. The van der Waals surface area contributed by atoms with E-state index in [1.54, 1.807) is 12.1 Å². The van der Waals surface area contributed by atoms with E-state index in [4.69, 9.17) is 4.74 Å². The van der Waals surface area contributed by atoms with Crippen LogP contribution in [0, 0.1) is 12.8 Å². The van der Waals surface area contributed by atoms with Crippen molar-refractivity contribution < 1.29 is 13.2 Å². The number of nitrogens with one attached hydrogen (secondary N) is 1. The second kappa shape index (κ2) is 7.62. The van der Waals surface area contributed by atoms with Crippen molar-refractivity contribution in [2.24, 2.45) is 5.92 Å². The molecule has 2 aromatic carbocycles. The van der Waals surface area contributed by atoms with Gasteiger partial charge >= 0.3 is 0 Å². The van der Waals surface area contributed by atoms with Gasteiger partial charge in [0, 0.05) is 6.54 Å². The number of sulfonamides is 1. The molecule has 1 atom stereocenters. The van der Waals surface area contributed by atoms with Crippen LogP contribution in [0.3, 0.4) is 0 Å². The normalized spacial score (nSPS) is 12.8. The third-order valence-electron chi connectivity index (χ3n) is 3.66. The first kappa shape index (κ1) is 17.5. The highest BCUT2D eigenvalue weighted by Gasteiger charge is 2.20. The van der Waals surface area contributed by atoms with Gasteiger partial charge in [0.2, 0.25) is 10.0 Å². The van der Waals surface area contributed by atoms with Crippen LogP contribution in [-0.2, 0) is 16.4 Å². The van der Waals surface area contributed by atoms with E-state index >= 15 is 0 Å². The predicted octanol–water partition coefficient (Wildman–Crippen LogP) is 3.16. The van der Waals surface area contributed by atoms with E-state index < -0.39 is 10.0 Å². The first-order chi connectivity index (χ1) is 10.9. The van der Waals surface area contributed by atoms with Crippen LogP contribution in [0.5, 0.6) is 5.75 Å². The number of aryl methyl sites for hydroxylation is 1. The van der Waals surface area contributed by atoms with Crippen LogP contribution >= 0.6 is 0 Å². The van der Waals surface area contributed by atoms with E-state index in [0.717, 1.165) is 12.0 Å². The summed E-state index contributed by atoms with van der Waals surface area (Å²) in [5.41, 5.74) is 2.08. The van der Waals surface area contributed by atoms with Crippen molar-refractivity contribution in [3.63, 3.8) is 0 Å². The lowest BCUT2D eigenvalue weighted by Gasteiger charge is -2.15. The average Bonchev–Trinajstić information content (AvgIpc) is 2.54. The summed E-state index contributed by atoms with van der Waals surface area (Å²) in [7, 11) is -2.11. The summed E-state index contributed by atoms with van der Waals surface area (Å²) >= 11 is 0. The summed E-state index contributed by atoms with van der Waals surface area (Å²) in [5, 5.41) is 0. The number of methoxy groups -OCH3 is 1. The molecule has 0 aliphatic carbocycles. The fraction of sp³-hybridized carbons (Fsp3) is 0.333. The van der Waals surface area contributed by atoms with E-state index in [9.17, 15) is 8.42 Å². The zero-order chi connectivity index (χ0) is 16.9. The highest BCUT2D eigenvalue weighted by Crippen LogP contribution is 2.24. The molecule has 0 spiro atoms. The largest absolute Gasteiger partial charge is 0.495 e. The molecule has 2 rings (SSSR count). The summed E-state index contributed by atoms with van der Waals surface area (Å²) < 4.78 is 32.9. The lowest BCUT2D eigenvalue weighted by atomic mass is 10.0. The second-order valence-electron chi connectivity index (χ2n) is 5.80. The van der Waals surface area contributed by atoms with E-state index in [1.807, 2.05) is 38.1 Å². The van der Waals surface area contributed by atoms with Crippen molar-refractivity contribution >= 4 is 10.0 Å². The van der Waals surface area contributed by atoms with Gasteiger partial charge in [-0.15, -0.1) is 0 Å². The number of benzene rings is 2. The molecule has 0 aliphatic heterocycles. The molecule has 0 amide bonds. The van der Waals surface area contributed by atoms with Gasteiger partial charge in [-0.2, -0.15) is 0 Å². The maximum Gasteiger partial charge on any atom is 0.244 e. The van der Waals surface area contributed by atoms with Gasteiger partial charge in [-0.3, -0.25) is 0 Å². The number of ether oxygens (including phenoxy) is 1. The van der Waals surface area contributed by atoms with Gasteiger partial charge in [-0.25, -0.2) is 13.1 Å². The molecule has 0 bridgehead atoms. The topological polar surface area (TPSA) is 55.4 Å². The van der Waals surface area contributed by atoms with Crippen molar-refractivity contribution in [2.45, 2.75) is 25.2 Å². The lowest BCUT2D eigenvalue weighted by Crippen LogP contribution is -2.29. The van der Waals surface area contributed by atoms with Crippen molar-refractivity contribution in [3.8, 4) is 5.75 Å². The van der Waals surface area contributed by atoms with Crippen LogP contribution in [0.15, 0.2) is 53.4 Å². The fourth-order valence-electron chi connectivity index (χ4n) is 2.41. The second-order valence-corrected chi connectivity index (χ2v) is 7.54. The van der Waals surface area contributed by atoms with Gasteiger partial charge in [0.1, 0.15) is 10.6 Å². The molecule has 0 saturated heterocycles. The van der Waals surface area contributed by atoms with Gasteiger partial charge in [0.25, 0.3) is 0 Å². The standard InChI is InChI=1S/C18H23NO3S/c1-14-9-10-17(22-3)18(12-14)23(20,21)19-13-15(2)11-16-7-5-4-6-8-16/h4-10,12,15,19H,11,13H2,1-3H3. The van der Waals surface area contributed by atoms with E-state index in [0.29, 0.717) is 12.3 Å². The molecular weight excluding hydrogens is 310 g/mol.